The molecule has 0 bridgehead atoms. The van der Waals surface area contributed by atoms with Crippen molar-refractivity contribution < 1.29 is 13.6 Å². The highest BCUT2D eigenvalue weighted by Gasteiger charge is 2.36. The van der Waals surface area contributed by atoms with E-state index in [0.717, 1.165) is 61.8 Å². The maximum atomic E-state index is 11.7. The van der Waals surface area contributed by atoms with E-state index in [1.807, 2.05) is 0 Å². The molecule has 0 saturated heterocycles. The number of carbonyl (C=O) groups is 1. The third kappa shape index (κ3) is 7.85. The molecule has 0 N–H and O–H groups in total. The van der Waals surface area contributed by atoms with Crippen LogP contribution in [-0.2, 0) is 20.1 Å². The van der Waals surface area contributed by atoms with Crippen LogP contribution in [0.2, 0.25) is 36.3 Å². The first kappa shape index (κ1) is 30.0. The number of benzene rings is 2. The molecule has 0 saturated carbocycles. The van der Waals surface area contributed by atoms with Crippen molar-refractivity contribution >= 4 is 33.7 Å². The summed E-state index contributed by atoms with van der Waals surface area (Å²) < 4.78 is 14.0. The molecule has 2 rings (SSSR count). The molecule has 5 heteroatoms. The normalized spacial score (nSPS) is 14.3. The monoisotopic (exact) mass is 514 g/mol. The number of hydrogen-bond acceptors (Lipinski definition) is 3. The second-order valence-corrected chi connectivity index (χ2v) is 19.7. The van der Waals surface area contributed by atoms with Gasteiger partial charge in [-0.05, 0) is 84.4 Å². The second kappa shape index (κ2) is 14.5. The molecular weight excluding hydrogens is 464 g/mol. The van der Waals surface area contributed by atoms with E-state index in [4.69, 9.17) is 8.85 Å². The lowest BCUT2D eigenvalue weighted by Crippen LogP contribution is -2.44. The zero-order valence-corrected chi connectivity index (χ0v) is 25.5. The van der Waals surface area contributed by atoms with Gasteiger partial charge in [-0.3, -0.25) is 0 Å². The lowest BCUT2D eigenvalue weighted by atomic mass is 9.94. The highest BCUT2D eigenvalue weighted by molar-refractivity contribution is 6.74. The second-order valence-electron chi connectivity index (χ2n) is 10.2. The predicted octanol–water partition coefficient (Wildman–Crippen LogP) is 8.84. The van der Waals surface area contributed by atoms with E-state index in [0.29, 0.717) is 6.42 Å². The Morgan fingerprint density at radius 3 is 1.86 bits per heavy atom. The third-order valence-electron chi connectivity index (χ3n) is 8.58. The van der Waals surface area contributed by atoms with Crippen LogP contribution in [0.3, 0.4) is 0 Å². The van der Waals surface area contributed by atoms with E-state index >= 15 is 0 Å². The summed E-state index contributed by atoms with van der Waals surface area (Å²) in [4.78, 5) is 11.7. The maximum absolute atomic E-state index is 11.7. The molecule has 0 radical (unpaired) electrons. The van der Waals surface area contributed by atoms with Gasteiger partial charge < -0.3 is 13.6 Å². The van der Waals surface area contributed by atoms with Gasteiger partial charge in [0.05, 0.1) is 6.10 Å². The van der Waals surface area contributed by atoms with E-state index < -0.39 is 16.6 Å². The van der Waals surface area contributed by atoms with Crippen LogP contribution in [0.15, 0.2) is 36.4 Å². The summed E-state index contributed by atoms with van der Waals surface area (Å²) >= 11 is 0. The smallest absolute Gasteiger partial charge is 0.192 e. The first-order valence-electron chi connectivity index (χ1n) is 14.1. The molecular formula is C30H50O3Si2. The molecule has 0 spiro atoms. The summed E-state index contributed by atoms with van der Waals surface area (Å²) in [5.74, 6) is 0. The number of aryl methyl sites for hydroxylation is 2. The number of aldehydes is 1. The zero-order chi connectivity index (χ0) is 25.9. The van der Waals surface area contributed by atoms with Gasteiger partial charge >= 0.3 is 0 Å². The van der Waals surface area contributed by atoms with Crippen molar-refractivity contribution in [3.8, 4) is 0 Å². The van der Waals surface area contributed by atoms with Gasteiger partial charge in [-0.2, -0.15) is 0 Å². The molecule has 3 nitrogen and oxygen atoms in total. The first-order chi connectivity index (χ1) is 16.8. The molecule has 196 valence electrons. The minimum atomic E-state index is -1.80. The Morgan fingerprint density at radius 2 is 1.31 bits per heavy atom. The Balaban J connectivity index is 2.34. The lowest BCUT2D eigenvalue weighted by molar-refractivity contribution is -0.109. The molecule has 0 unspecified atom stereocenters. The van der Waals surface area contributed by atoms with Gasteiger partial charge in [-0.1, -0.05) is 77.9 Å². The Kier molecular flexibility index (Phi) is 12.4. The number of hydrogen-bond donors (Lipinski definition) is 0. The predicted molar refractivity (Wildman–Crippen MR) is 156 cm³/mol. The quantitative estimate of drug-likeness (QED) is 0.156. The SMILES string of the molecule is CC[Si](CC)(CC)O[C@H](CCc1c(C)ccc2ccccc12)C[C@H](CC=O)O[Si](CC)(CC)CC. The van der Waals surface area contributed by atoms with Crippen molar-refractivity contribution in [1.29, 1.82) is 0 Å². The topological polar surface area (TPSA) is 35.5 Å². The van der Waals surface area contributed by atoms with Gasteiger partial charge in [0.25, 0.3) is 0 Å². The third-order valence-corrected chi connectivity index (χ3v) is 18.0. The molecule has 0 heterocycles. The maximum Gasteiger partial charge on any atom is 0.192 e. The van der Waals surface area contributed by atoms with E-state index in [2.05, 4.69) is 84.9 Å². The molecule has 0 fully saturated rings. The Hall–Kier alpha value is -1.28. The van der Waals surface area contributed by atoms with Gasteiger partial charge in [0.1, 0.15) is 6.29 Å². The van der Waals surface area contributed by atoms with Crippen LogP contribution in [0.4, 0.5) is 0 Å². The van der Waals surface area contributed by atoms with Gasteiger partial charge in [-0.25, -0.2) is 0 Å². The fourth-order valence-corrected chi connectivity index (χ4v) is 11.4. The average Bonchev–Trinajstić information content (AvgIpc) is 2.89. The fourth-order valence-electron chi connectivity index (χ4n) is 5.61. The molecule has 35 heavy (non-hydrogen) atoms. The Bertz CT molecular complexity index is 889. The van der Waals surface area contributed by atoms with E-state index in [9.17, 15) is 4.79 Å². The standard InChI is InChI=1S/C30H50O3Si2/c1-8-34(9-2,10-3)32-27(24-28(22-23-31)33-35(11-4,12-5)13-6)20-21-29-25(7)18-19-26-16-14-15-17-30(26)29/h14-19,23,27-28H,8-13,20-22,24H2,1-7H3/t27-,28+/m1/s1. The highest BCUT2D eigenvalue weighted by atomic mass is 28.4. The summed E-state index contributed by atoms with van der Waals surface area (Å²) in [6.07, 6.45) is 4.41. The Morgan fingerprint density at radius 1 is 0.771 bits per heavy atom. The number of rotatable bonds is 17. The average molecular weight is 515 g/mol. The van der Waals surface area contributed by atoms with Crippen LogP contribution in [-0.4, -0.2) is 35.1 Å². The van der Waals surface area contributed by atoms with Crippen LogP contribution >= 0.6 is 0 Å². The molecule has 2 aromatic rings. The number of carbonyl (C=O) groups excluding carboxylic acids is 1. The molecule has 0 amide bonds. The van der Waals surface area contributed by atoms with Crippen molar-refractivity contribution in [2.24, 2.45) is 0 Å². The van der Waals surface area contributed by atoms with Gasteiger partial charge in [0.2, 0.25) is 0 Å². The Labute approximate surface area is 217 Å². The largest absolute Gasteiger partial charge is 0.414 e. The van der Waals surface area contributed by atoms with Crippen LogP contribution in [0, 0.1) is 6.92 Å². The first-order valence-corrected chi connectivity index (χ1v) is 19.2. The zero-order valence-electron chi connectivity index (χ0n) is 23.5. The lowest BCUT2D eigenvalue weighted by Gasteiger charge is -2.37. The molecule has 0 aliphatic carbocycles. The summed E-state index contributed by atoms with van der Waals surface area (Å²) in [7, 11) is -3.60. The molecule has 0 aromatic heterocycles. The van der Waals surface area contributed by atoms with E-state index in [-0.39, 0.29) is 12.2 Å². The number of fused-ring (bicyclic) bond motifs is 1. The summed E-state index contributed by atoms with van der Waals surface area (Å²) in [6.45, 7) is 15.9. The van der Waals surface area contributed by atoms with Gasteiger partial charge in [-0.15, -0.1) is 0 Å². The summed E-state index contributed by atoms with van der Waals surface area (Å²) in [6, 6.07) is 19.9. The molecule has 2 atom stereocenters. The summed E-state index contributed by atoms with van der Waals surface area (Å²) in [5.41, 5.74) is 2.78. The highest BCUT2D eigenvalue weighted by Crippen LogP contribution is 2.31. The van der Waals surface area contributed by atoms with Crippen molar-refractivity contribution in [3.63, 3.8) is 0 Å². The van der Waals surface area contributed by atoms with Crippen LogP contribution in [0.5, 0.6) is 0 Å². The molecule has 0 aliphatic heterocycles. The van der Waals surface area contributed by atoms with Crippen molar-refractivity contribution in [1.82, 2.24) is 0 Å². The minimum Gasteiger partial charge on any atom is -0.414 e. The molecule has 2 aromatic carbocycles. The molecule has 0 aliphatic rings. The van der Waals surface area contributed by atoms with Gasteiger partial charge in [0.15, 0.2) is 16.6 Å². The van der Waals surface area contributed by atoms with Crippen molar-refractivity contribution in [3.05, 3.63) is 47.5 Å². The van der Waals surface area contributed by atoms with Crippen molar-refractivity contribution in [2.45, 2.75) is 123 Å². The van der Waals surface area contributed by atoms with Crippen molar-refractivity contribution in [2.75, 3.05) is 0 Å². The van der Waals surface area contributed by atoms with E-state index in [1.54, 1.807) is 0 Å². The minimum absolute atomic E-state index is 0.0325. The van der Waals surface area contributed by atoms with E-state index in [1.165, 1.54) is 21.9 Å². The fraction of sp³-hybridized carbons (Fsp3) is 0.633. The van der Waals surface area contributed by atoms with Crippen LogP contribution in [0.1, 0.15) is 71.9 Å². The van der Waals surface area contributed by atoms with Crippen LogP contribution in [0.25, 0.3) is 10.8 Å². The summed E-state index contributed by atoms with van der Waals surface area (Å²) in [5, 5.41) is 2.66. The van der Waals surface area contributed by atoms with Gasteiger partial charge in [0, 0.05) is 12.5 Å². The van der Waals surface area contributed by atoms with Crippen LogP contribution < -0.4 is 0 Å².